The third-order valence-electron chi connectivity index (χ3n) is 7.10. The molecule has 43 heavy (non-hydrogen) atoms. The van der Waals surface area contributed by atoms with E-state index in [1.54, 1.807) is 38.5 Å². The molecule has 0 amide bonds. The van der Waals surface area contributed by atoms with Gasteiger partial charge in [0.25, 0.3) is 0 Å². The molecule has 1 aliphatic heterocycles. The van der Waals surface area contributed by atoms with Gasteiger partial charge in [-0.05, 0) is 32.0 Å². The van der Waals surface area contributed by atoms with Crippen molar-refractivity contribution in [3.05, 3.63) is 60.6 Å². The van der Waals surface area contributed by atoms with Crippen molar-refractivity contribution in [2.45, 2.75) is 39.0 Å². The standard InChI is InChI=1S/C29H35F2N7O4S/c1-17(2)42-20-11-21(30)27(22(31)12-20)24-6-5-19-13-34-29(38(19)36-24)35-25-14-33-8-7-26(25)37-15-18(3)28(23(32)16-37)41-9-10-43(4,39)40/h5-8,11-14,17-18,23,28H,9-10,15-16,32H2,1-4H3,(H,34,35)/t18-,23+,28-/m0/s1. The minimum absolute atomic E-state index is 0.0166. The van der Waals surface area contributed by atoms with Crippen molar-refractivity contribution in [3.8, 4) is 17.0 Å². The van der Waals surface area contributed by atoms with Gasteiger partial charge in [0, 0.05) is 49.6 Å². The Bertz CT molecular complexity index is 1680. The van der Waals surface area contributed by atoms with Gasteiger partial charge in [0.05, 0.1) is 65.1 Å². The normalized spacial score (nSPS) is 19.3. The molecule has 230 valence electrons. The Morgan fingerprint density at radius 3 is 2.56 bits per heavy atom. The van der Waals surface area contributed by atoms with Gasteiger partial charge in [-0.1, -0.05) is 6.92 Å². The highest BCUT2D eigenvalue weighted by Gasteiger charge is 2.34. The Kier molecular flexibility index (Phi) is 8.81. The number of anilines is 3. The molecule has 3 atom stereocenters. The number of halogens is 2. The molecule has 11 nitrogen and oxygen atoms in total. The number of piperidine rings is 1. The van der Waals surface area contributed by atoms with Crippen molar-refractivity contribution in [2.75, 3.05) is 41.9 Å². The van der Waals surface area contributed by atoms with Gasteiger partial charge in [-0.25, -0.2) is 22.2 Å². The maximum atomic E-state index is 15.0. The zero-order valence-corrected chi connectivity index (χ0v) is 25.2. The Morgan fingerprint density at radius 1 is 1.14 bits per heavy atom. The quantitative estimate of drug-likeness (QED) is 0.271. The van der Waals surface area contributed by atoms with Gasteiger partial charge in [0.1, 0.15) is 27.2 Å². The molecule has 1 fully saturated rings. The van der Waals surface area contributed by atoms with Gasteiger partial charge < -0.3 is 25.4 Å². The average molecular weight is 616 g/mol. The summed E-state index contributed by atoms with van der Waals surface area (Å²) in [7, 11) is -3.14. The maximum Gasteiger partial charge on any atom is 0.229 e. The summed E-state index contributed by atoms with van der Waals surface area (Å²) in [5.41, 5.74) is 8.36. The molecule has 1 aliphatic rings. The van der Waals surface area contributed by atoms with Gasteiger partial charge in [0.15, 0.2) is 0 Å². The predicted molar refractivity (Wildman–Crippen MR) is 160 cm³/mol. The lowest BCUT2D eigenvalue weighted by molar-refractivity contribution is 0.00183. The highest BCUT2D eigenvalue weighted by Crippen LogP contribution is 2.33. The molecule has 0 spiro atoms. The van der Waals surface area contributed by atoms with Gasteiger partial charge in [0.2, 0.25) is 5.95 Å². The third kappa shape index (κ3) is 7.03. The van der Waals surface area contributed by atoms with Crippen LogP contribution in [0.2, 0.25) is 0 Å². The summed E-state index contributed by atoms with van der Waals surface area (Å²) >= 11 is 0. The van der Waals surface area contributed by atoms with Crippen molar-refractivity contribution < 1.29 is 26.7 Å². The molecule has 1 aromatic carbocycles. The van der Waals surface area contributed by atoms with Crippen LogP contribution in [0.25, 0.3) is 16.8 Å². The van der Waals surface area contributed by atoms with E-state index in [1.807, 2.05) is 13.0 Å². The van der Waals surface area contributed by atoms with E-state index in [0.29, 0.717) is 30.2 Å². The largest absolute Gasteiger partial charge is 0.491 e. The Balaban J connectivity index is 1.38. The van der Waals surface area contributed by atoms with Crippen LogP contribution in [0.15, 0.2) is 48.9 Å². The van der Waals surface area contributed by atoms with Crippen LogP contribution in [-0.2, 0) is 14.6 Å². The first-order valence-corrected chi connectivity index (χ1v) is 16.0. The van der Waals surface area contributed by atoms with Crippen LogP contribution in [0.5, 0.6) is 5.75 Å². The molecule has 4 heterocycles. The fourth-order valence-electron chi connectivity index (χ4n) is 5.24. The van der Waals surface area contributed by atoms with Crippen molar-refractivity contribution in [1.29, 1.82) is 0 Å². The summed E-state index contributed by atoms with van der Waals surface area (Å²) in [4.78, 5) is 10.8. The second-order valence-corrected chi connectivity index (χ2v) is 13.4. The molecule has 4 aromatic rings. The van der Waals surface area contributed by atoms with E-state index in [0.717, 1.165) is 17.8 Å². The highest BCUT2D eigenvalue weighted by atomic mass is 32.2. The van der Waals surface area contributed by atoms with Crippen LogP contribution in [0.3, 0.4) is 0 Å². The van der Waals surface area contributed by atoms with Gasteiger partial charge in [-0.15, -0.1) is 0 Å². The number of fused-ring (bicyclic) bond motifs is 1. The molecule has 0 unspecified atom stereocenters. The minimum Gasteiger partial charge on any atom is -0.491 e. The average Bonchev–Trinajstić information content (AvgIpc) is 3.31. The van der Waals surface area contributed by atoms with E-state index in [1.165, 1.54) is 16.8 Å². The molecule has 5 rings (SSSR count). The summed E-state index contributed by atoms with van der Waals surface area (Å²) in [6, 6.07) is 6.99. The monoisotopic (exact) mass is 615 g/mol. The van der Waals surface area contributed by atoms with Crippen LogP contribution in [0.1, 0.15) is 20.8 Å². The van der Waals surface area contributed by atoms with Crippen molar-refractivity contribution in [1.82, 2.24) is 19.6 Å². The van der Waals surface area contributed by atoms with Crippen LogP contribution in [-0.4, -0.2) is 78.0 Å². The van der Waals surface area contributed by atoms with Crippen LogP contribution in [0, 0.1) is 17.6 Å². The van der Waals surface area contributed by atoms with E-state index < -0.39 is 21.5 Å². The number of aromatic nitrogens is 4. The fourth-order valence-corrected chi connectivity index (χ4v) is 5.64. The fraction of sp³-hybridized carbons (Fsp3) is 0.414. The molecule has 0 aliphatic carbocycles. The third-order valence-corrected chi connectivity index (χ3v) is 8.01. The molecule has 3 N–H and O–H groups in total. The van der Waals surface area contributed by atoms with Crippen molar-refractivity contribution >= 4 is 32.7 Å². The Hall–Kier alpha value is -3.88. The molecular formula is C29H35F2N7O4S. The van der Waals surface area contributed by atoms with Crippen molar-refractivity contribution in [2.24, 2.45) is 11.7 Å². The first-order valence-electron chi connectivity index (χ1n) is 13.9. The van der Waals surface area contributed by atoms with Crippen molar-refractivity contribution in [3.63, 3.8) is 0 Å². The lowest BCUT2D eigenvalue weighted by Gasteiger charge is -2.42. The number of hydrogen-bond donors (Lipinski definition) is 2. The number of nitrogens with one attached hydrogen (secondary N) is 1. The van der Waals surface area contributed by atoms with Crippen LogP contribution < -0.4 is 20.7 Å². The smallest absolute Gasteiger partial charge is 0.229 e. The van der Waals surface area contributed by atoms with Gasteiger partial charge >= 0.3 is 0 Å². The first-order chi connectivity index (χ1) is 20.4. The summed E-state index contributed by atoms with van der Waals surface area (Å²) < 4.78 is 65.9. The second kappa shape index (κ2) is 12.4. The first kappa shape index (κ1) is 30.6. The number of ether oxygens (including phenoxy) is 2. The SMILES string of the molecule is CC(C)Oc1cc(F)c(-c2ccc3cnc(Nc4cnccc4N4C[C@@H](N)[C@@H](OCCS(C)(=O)=O)[C@@H](C)C4)n3n2)c(F)c1. The van der Waals surface area contributed by atoms with E-state index >= 15 is 8.78 Å². The molecule has 0 bridgehead atoms. The molecular weight excluding hydrogens is 580 g/mol. The molecule has 0 saturated carbocycles. The lowest BCUT2D eigenvalue weighted by atomic mass is 9.92. The molecule has 3 aromatic heterocycles. The number of rotatable bonds is 10. The van der Waals surface area contributed by atoms with E-state index in [9.17, 15) is 8.42 Å². The Labute approximate surface area is 248 Å². The summed E-state index contributed by atoms with van der Waals surface area (Å²) in [5.74, 6) is -1.20. The van der Waals surface area contributed by atoms with Gasteiger partial charge in [-0.3, -0.25) is 4.98 Å². The summed E-state index contributed by atoms with van der Waals surface area (Å²) in [6.07, 6.45) is 5.57. The number of benzene rings is 1. The zero-order valence-electron chi connectivity index (χ0n) is 24.4. The van der Waals surface area contributed by atoms with Crippen LogP contribution in [0.4, 0.5) is 26.1 Å². The van der Waals surface area contributed by atoms with E-state index in [2.05, 4.69) is 25.3 Å². The molecule has 14 heteroatoms. The summed E-state index contributed by atoms with van der Waals surface area (Å²) in [6.45, 7) is 6.73. The maximum absolute atomic E-state index is 15.0. The van der Waals surface area contributed by atoms with Gasteiger partial charge in [-0.2, -0.15) is 9.61 Å². The van der Waals surface area contributed by atoms with E-state index in [4.69, 9.17) is 15.2 Å². The lowest BCUT2D eigenvalue weighted by Crippen LogP contribution is -2.57. The summed E-state index contributed by atoms with van der Waals surface area (Å²) in [5, 5.41) is 7.76. The number of nitrogens with two attached hydrogens (primary N) is 1. The minimum atomic E-state index is -3.14. The van der Waals surface area contributed by atoms with E-state index in [-0.39, 0.29) is 53.5 Å². The number of sulfone groups is 1. The number of nitrogens with zero attached hydrogens (tertiary/aromatic N) is 5. The number of hydrogen-bond acceptors (Lipinski definition) is 10. The highest BCUT2D eigenvalue weighted by molar-refractivity contribution is 7.90. The molecule has 1 saturated heterocycles. The second-order valence-electron chi connectivity index (χ2n) is 11.1. The predicted octanol–water partition coefficient (Wildman–Crippen LogP) is 3.81. The zero-order chi connectivity index (χ0) is 30.9. The number of imidazole rings is 1. The topological polar surface area (TPSA) is 137 Å². The van der Waals surface area contributed by atoms with Crippen LogP contribution >= 0.6 is 0 Å². The Morgan fingerprint density at radius 2 is 1.88 bits per heavy atom. The molecule has 0 radical (unpaired) electrons. The number of pyridine rings is 1.